The van der Waals surface area contributed by atoms with E-state index >= 15 is 0 Å². The Balaban J connectivity index is 2.41. The van der Waals surface area contributed by atoms with Crippen LogP contribution in [0, 0.1) is 5.92 Å². The number of hydroxylamine groups is 1. The van der Waals surface area contributed by atoms with Crippen LogP contribution < -0.4 is 10.8 Å². The van der Waals surface area contributed by atoms with E-state index in [0.29, 0.717) is 11.6 Å². The van der Waals surface area contributed by atoms with Gasteiger partial charge in [0.15, 0.2) is 0 Å². The van der Waals surface area contributed by atoms with Crippen LogP contribution in [-0.4, -0.2) is 17.0 Å². The first-order valence-corrected chi connectivity index (χ1v) is 8.90. The lowest BCUT2D eigenvalue weighted by molar-refractivity contribution is 0.188. The molecule has 2 rings (SSSR count). The number of benzene rings is 1. The SMILES string of the molecule is CC1CP(=S)(c2ccccc2)C(C)C=C1NO. The fourth-order valence-electron chi connectivity index (χ4n) is 2.38. The van der Waals surface area contributed by atoms with Crippen molar-refractivity contribution in [2.45, 2.75) is 19.5 Å². The van der Waals surface area contributed by atoms with Crippen LogP contribution in [0.2, 0.25) is 0 Å². The lowest BCUT2D eigenvalue weighted by Crippen LogP contribution is -2.29. The van der Waals surface area contributed by atoms with Gasteiger partial charge >= 0.3 is 0 Å². The fraction of sp³-hybridized carbons (Fsp3) is 0.385. The van der Waals surface area contributed by atoms with Crippen molar-refractivity contribution in [2.75, 3.05) is 6.16 Å². The van der Waals surface area contributed by atoms with Gasteiger partial charge in [-0.05, 0) is 17.5 Å². The summed E-state index contributed by atoms with van der Waals surface area (Å²) in [5, 5.41) is 10.4. The molecule has 1 aliphatic heterocycles. The lowest BCUT2D eigenvalue weighted by Gasteiger charge is -2.35. The third kappa shape index (κ3) is 2.33. The highest BCUT2D eigenvalue weighted by molar-refractivity contribution is 8.18. The molecular weight excluding hydrogens is 249 g/mol. The summed E-state index contributed by atoms with van der Waals surface area (Å²) >= 11 is 5.98. The van der Waals surface area contributed by atoms with Crippen molar-refractivity contribution in [1.29, 1.82) is 0 Å². The predicted octanol–water partition coefficient (Wildman–Crippen LogP) is 2.69. The number of rotatable bonds is 2. The van der Waals surface area contributed by atoms with Gasteiger partial charge in [0.25, 0.3) is 0 Å². The number of hydrogen-bond acceptors (Lipinski definition) is 3. The van der Waals surface area contributed by atoms with E-state index in [4.69, 9.17) is 17.0 Å². The molecule has 92 valence electrons. The third-order valence-corrected chi connectivity index (χ3v) is 9.28. The molecule has 3 atom stereocenters. The maximum atomic E-state index is 9.08. The summed E-state index contributed by atoms with van der Waals surface area (Å²) in [6.45, 7) is 4.28. The molecule has 0 amide bonds. The Kier molecular flexibility index (Phi) is 3.72. The minimum Gasteiger partial charge on any atom is -0.291 e. The van der Waals surface area contributed by atoms with Gasteiger partial charge in [-0.1, -0.05) is 62.1 Å². The smallest absolute Gasteiger partial charge is 0.0375 e. The third-order valence-electron chi connectivity index (χ3n) is 3.48. The van der Waals surface area contributed by atoms with Gasteiger partial charge in [0.05, 0.1) is 0 Å². The largest absolute Gasteiger partial charge is 0.291 e. The normalized spacial score (nSPS) is 33.0. The Morgan fingerprint density at radius 1 is 1.29 bits per heavy atom. The Labute approximate surface area is 108 Å². The summed E-state index contributed by atoms with van der Waals surface area (Å²) in [5.41, 5.74) is 3.56. The van der Waals surface area contributed by atoms with Crippen LogP contribution >= 0.6 is 6.04 Å². The van der Waals surface area contributed by atoms with Crippen LogP contribution in [0.5, 0.6) is 0 Å². The highest BCUT2D eigenvalue weighted by atomic mass is 32.4. The maximum Gasteiger partial charge on any atom is 0.0375 e. The van der Waals surface area contributed by atoms with Gasteiger partial charge in [0, 0.05) is 17.3 Å². The summed E-state index contributed by atoms with van der Waals surface area (Å²) in [5.74, 6) is 0.308. The van der Waals surface area contributed by atoms with E-state index in [-0.39, 0.29) is 0 Å². The molecule has 0 fully saturated rings. The molecule has 3 unspecified atom stereocenters. The molecule has 0 saturated heterocycles. The quantitative estimate of drug-likeness (QED) is 0.638. The van der Waals surface area contributed by atoms with Crippen LogP contribution in [0.25, 0.3) is 0 Å². The van der Waals surface area contributed by atoms with Gasteiger partial charge < -0.3 is 0 Å². The fourth-order valence-corrected chi connectivity index (χ4v) is 6.71. The minimum absolute atomic E-state index is 0.308. The first-order chi connectivity index (χ1) is 8.08. The number of nitrogens with one attached hydrogen (secondary N) is 1. The average molecular weight is 267 g/mol. The summed E-state index contributed by atoms with van der Waals surface area (Å²) in [7, 11) is 0. The molecule has 0 aromatic heterocycles. The molecule has 1 heterocycles. The maximum absolute atomic E-state index is 9.08. The summed E-state index contributed by atoms with van der Waals surface area (Å²) in [4.78, 5) is 0. The van der Waals surface area contributed by atoms with E-state index in [1.165, 1.54) is 5.30 Å². The molecule has 1 aromatic rings. The molecule has 17 heavy (non-hydrogen) atoms. The molecule has 1 aromatic carbocycles. The van der Waals surface area contributed by atoms with E-state index in [1.54, 1.807) is 0 Å². The van der Waals surface area contributed by atoms with Crippen molar-refractivity contribution in [2.24, 2.45) is 5.92 Å². The van der Waals surface area contributed by atoms with E-state index in [0.717, 1.165) is 11.9 Å². The van der Waals surface area contributed by atoms with Crippen LogP contribution in [0.15, 0.2) is 42.1 Å². The van der Waals surface area contributed by atoms with E-state index in [9.17, 15) is 0 Å². The second kappa shape index (κ2) is 4.93. The Morgan fingerprint density at radius 2 is 1.94 bits per heavy atom. The highest BCUT2D eigenvalue weighted by Gasteiger charge is 2.33. The van der Waals surface area contributed by atoms with Gasteiger partial charge in [0.1, 0.15) is 0 Å². The van der Waals surface area contributed by atoms with Crippen molar-refractivity contribution in [3.8, 4) is 0 Å². The van der Waals surface area contributed by atoms with Crippen molar-refractivity contribution in [3.05, 3.63) is 42.1 Å². The van der Waals surface area contributed by atoms with Gasteiger partial charge in [-0.2, -0.15) is 0 Å². The molecule has 0 aliphatic carbocycles. The van der Waals surface area contributed by atoms with Crippen LogP contribution in [0.1, 0.15) is 13.8 Å². The van der Waals surface area contributed by atoms with E-state index in [1.807, 2.05) is 6.07 Å². The molecule has 0 spiro atoms. The van der Waals surface area contributed by atoms with Crippen molar-refractivity contribution in [3.63, 3.8) is 0 Å². The first-order valence-electron chi connectivity index (χ1n) is 5.84. The Bertz CT molecular complexity index is 472. The summed E-state index contributed by atoms with van der Waals surface area (Å²) < 4.78 is 0. The monoisotopic (exact) mass is 267 g/mol. The predicted molar refractivity (Wildman–Crippen MR) is 76.9 cm³/mol. The number of allylic oxidation sites excluding steroid dienone is 2. The van der Waals surface area contributed by atoms with Crippen molar-refractivity contribution < 1.29 is 5.21 Å². The van der Waals surface area contributed by atoms with Gasteiger partial charge in [-0.25, -0.2) is 0 Å². The zero-order valence-corrected chi connectivity index (χ0v) is 11.8. The zero-order valence-electron chi connectivity index (χ0n) is 10.1. The Hall–Kier alpha value is -0.630. The molecule has 0 bridgehead atoms. The highest BCUT2D eigenvalue weighted by Crippen LogP contribution is 2.55. The van der Waals surface area contributed by atoms with E-state index in [2.05, 4.69) is 49.7 Å². The molecule has 4 heteroatoms. The van der Waals surface area contributed by atoms with Crippen LogP contribution in [-0.2, 0) is 11.8 Å². The van der Waals surface area contributed by atoms with Gasteiger partial charge in [-0.15, -0.1) is 0 Å². The molecule has 1 aliphatic rings. The van der Waals surface area contributed by atoms with E-state index < -0.39 is 6.04 Å². The molecular formula is C13H18NOPS. The number of hydrogen-bond donors (Lipinski definition) is 2. The standard InChI is InChI=1S/C13H18NOPS/c1-10-9-16(17,11(2)8-13(10)14-15)12-6-4-3-5-7-12/h3-8,10-11,14-15H,9H2,1-2H3. The summed E-state index contributed by atoms with van der Waals surface area (Å²) in [6, 6.07) is 8.89. The molecule has 0 radical (unpaired) electrons. The van der Waals surface area contributed by atoms with Gasteiger partial charge in [-0.3, -0.25) is 10.7 Å². The lowest BCUT2D eigenvalue weighted by atomic mass is 10.1. The van der Waals surface area contributed by atoms with Gasteiger partial charge in [0.2, 0.25) is 0 Å². The summed E-state index contributed by atoms with van der Waals surface area (Å²) in [6.07, 6.45) is 3.08. The molecule has 2 nitrogen and oxygen atoms in total. The second-order valence-corrected chi connectivity index (χ2v) is 9.93. The Morgan fingerprint density at radius 3 is 2.53 bits per heavy atom. The van der Waals surface area contributed by atoms with Crippen LogP contribution in [0.4, 0.5) is 0 Å². The molecule has 0 saturated carbocycles. The van der Waals surface area contributed by atoms with Crippen molar-refractivity contribution in [1.82, 2.24) is 5.48 Å². The zero-order chi connectivity index (χ0) is 12.5. The topological polar surface area (TPSA) is 32.3 Å². The van der Waals surface area contributed by atoms with Crippen LogP contribution in [0.3, 0.4) is 0 Å². The average Bonchev–Trinajstić information content (AvgIpc) is 2.35. The first kappa shape index (κ1) is 12.8. The second-order valence-electron chi connectivity index (χ2n) is 4.69. The molecule has 2 N–H and O–H groups in total. The van der Waals surface area contributed by atoms with Crippen molar-refractivity contribution >= 4 is 23.1 Å². The minimum atomic E-state index is -1.56.